The predicted octanol–water partition coefficient (Wildman–Crippen LogP) is 2.32. The van der Waals surface area contributed by atoms with E-state index in [9.17, 15) is 31.6 Å². The van der Waals surface area contributed by atoms with E-state index in [1.165, 1.54) is 25.3 Å². The molecule has 202 valence electrons. The molecule has 4 rings (SSSR count). The fourth-order valence-electron chi connectivity index (χ4n) is 3.67. The number of primary amides is 1. The molecule has 0 spiro atoms. The lowest BCUT2D eigenvalue weighted by Crippen LogP contribution is -2.46. The van der Waals surface area contributed by atoms with Gasteiger partial charge in [0.2, 0.25) is 16.8 Å². The molecule has 0 aliphatic heterocycles. The Labute approximate surface area is 223 Å². The van der Waals surface area contributed by atoms with Crippen molar-refractivity contribution in [1.29, 1.82) is 0 Å². The summed E-state index contributed by atoms with van der Waals surface area (Å²) in [6.45, 7) is 0. The number of nitrogens with zero attached hydrogens (tertiary/aromatic N) is 3. The Morgan fingerprint density at radius 2 is 1.84 bits per heavy atom. The van der Waals surface area contributed by atoms with Crippen LogP contribution in [0.25, 0.3) is 5.69 Å². The molecule has 2 aromatic carbocycles. The van der Waals surface area contributed by atoms with Crippen molar-refractivity contribution in [3.05, 3.63) is 66.9 Å². The molecule has 0 radical (unpaired) electrons. The monoisotopic (exact) mass is 591 g/mol. The van der Waals surface area contributed by atoms with Gasteiger partial charge in [0, 0.05) is 6.07 Å². The molecule has 1 saturated carbocycles. The molecule has 1 aliphatic rings. The maximum absolute atomic E-state index is 13.1. The van der Waals surface area contributed by atoms with Gasteiger partial charge >= 0.3 is 5.69 Å². The van der Waals surface area contributed by atoms with E-state index in [1.54, 1.807) is 4.98 Å². The average molecular weight is 592 g/mol. The molecule has 1 amide bonds. The largest absolute Gasteiger partial charge is 0.495 e. The van der Waals surface area contributed by atoms with Gasteiger partial charge in [-0.25, -0.2) is 22.0 Å². The summed E-state index contributed by atoms with van der Waals surface area (Å²) in [7, 11) is -2.02. The first-order valence-electron chi connectivity index (χ1n) is 10.5. The van der Waals surface area contributed by atoms with Gasteiger partial charge in [-0.1, -0.05) is 23.2 Å². The zero-order valence-corrected chi connectivity index (χ0v) is 21.5. The number of anilines is 1. The number of alkyl halides is 2. The quantitative estimate of drug-likeness (QED) is 0.319. The van der Waals surface area contributed by atoms with E-state index in [-0.39, 0.29) is 51.5 Å². The highest BCUT2D eigenvalue weighted by atomic mass is 35.5. The molecule has 12 nitrogen and oxygen atoms in total. The van der Waals surface area contributed by atoms with Crippen LogP contribution in [0.2, 0.25) is 10.0 Å². The summed E-state index contributed by atoms with van der Waals surface area (Å²) >= 11 is 12.6. The topological polar surface area (TPSA) is 167 Å². The van der Waals surface area contributed by atoms with Gasteiger partial charge in [0.25, 0.3) is 12.0 Å². The number of hydrogen-bond donors (Lipinski definition) is 3. The maximum Gasteiger partial charge on any atom is 0.349 e. The van der Waals surface area contributed by atoms with E-state index >= 15 is 0 Å². The van der Waals surface area contributed by atoms with Crippen molar-refractivity contribution < 1.29 is 31.5 Å². The van der Waals surface area contributed by atoms with Crippen LogP contribution < -0.4 is 30.8 Å². The standard InChI is InChI=1S/C21H17Cl2F2N5O7S/c1-36-14-3-2-10(8-13(14)30(38(34)35)21(4-5-21)19(26)32)37-16-11(22)6-9(7-12(16)23)29-20(33)27-18(31)15(28-29)17(24)25/h2-3,6-8,17,38H,4-5H2,1H3,(H2,26,32)(H,27,31,33). The van der Waals surface area contributed by atoms with Crippen LogP contribution >= 0.6 is 23.2 Å². The number of amides is 1. The number of H-pyrrole nitrogens is 1. The first-order chi connectivity index (χ1) is 17.9. The van der Waals surface area contributed by atoms with Gasteiger partial charge in [0.15, 0.2) is 11.4 Å². The normalized spacial score (nSPS) is 14.0. The molecule has 1 fully saturated rings. The predicted molar refractivity (Wildman–Crippen MR) is 132 cm³/mol. The van der Waals surface area contributed by atoms with Crippen LogP contribution in [0, 0.1) is 0 Å². The fraction of sp³-hybridized carbons (Fsp3) is 0.238. The molecule has 17 heteroatoms. The lowest BCUT2D eigenvalue weighted by atomic mass is 10.2. The Hall–Kier alpha value is -3.69. The van der Waals surface area contributed by atoms with E-state index in [0.717, 1.165) is 16.4 Å². The number of nitrogens with two attached hydrogens (primary N) is 1. The van der Waals surface area contributed by atoms with Crippen molar-refractivity contribution in [1.82, 2.24) is 14.8 Å². The third-order valence-corrected chi connectivity index (χ3v) is 7.12. The van der Waals surface area contributed by atoms with Gasteiger partial charge in [0.05, 0.1) is 28.5 Å². The van der Waals surface area contributed by atoms with Crippen LogP contribution in [0.1, 0.15) is 25.0 Å². The molecule has 3 N–H and O–H groups in total. The van der Waals surface area contributed by atoms with Crippen LogP contribution in [0.15, 0.2) is 39.9 Å². The van der Waals surface area contributed by atoms with Crippen LogP contribution in [0.5, 0.6) is 17.2 Å². The second-order valence-corrected chi connectivity index (χ2v) is 9.67. The van der Waals surface area contributed by atoms with Gasteiger partial charge in [-0.05, 0) is 37.1 Å². The first-order valence-corrected chi connectivity index (χ1v) is 12.4. The number of carbonyl (C=O) groups is 1. The minimum absolute atomic E-state index is 0.0233. The highest BCUT2D eigenvalue weighted by Crippen LogP contribution is 2.48. The summed E-state index contributed by atoms with van der Waals surface area (Å²) in [4.78, 5) is 37.5. The Kier molecular flexibility index (Phi) is 7.36. The minimum Gasteiger partial charge on any atom is -0.495 e. The Morgan fingerprint density at radius 3 is 2.34 bits per heavy atom. The molecule has 0 saturated heterocycles. The number of aromatic amines is 1. The molecule has 0 unspecified atom stereocenters. The number of rotatable bonds is 9. The SMILES string of the molecule is COc1ccc(Oc2c(Cl)cc(-n3nc(C(F)F)c(=O)[nH]c3=O)cc2Cl)cc1N([SH](=O)=O)C1(C(N)=O)CC1. The van der Waals surface area contributed by atoms with Gasteiger partial charge in [0.1, 0.15) is 17.0 Å². The minimum atomic E-state index is -3.32. The summed E-state index contributed by atoms with van der Waals surface area (Å²) in [5, 5.41) is 3.01. The summed E-state index contributed by atoms with van der Waals surface area (Å²) in [5.41, 5.74) is 0.203. The van der Waals surface area contributed by atoms with Crippen molar-refractivity contribution >= 4 is 45.7 Å². The lowest BCUT2D eigenvalue weighted by Gasteiger charge is -2.27. The van der Waals surface area contributed by atoms with E-state index in [0.29, 0.717) is 4.68 Å². The molecule has 0 atom stereocenters. The summed E-state index contributed by atoms with van der Waals surface area (Å²) < 4.78 is 62.8. The van der Waals surface area contributed by atoms with Crippen molar-refractivity contribution in [2.75, 3.05) is 11.4 Å². The molecule has 1 aliphatic carbocycles. The van der Waals surface area contributed by atoms with E-state index in [4.69, 9.17) is 38.4 Å². The van der Waals surface area contributed by atoms with Crippen LogP contribution in [-0.2, 0) is 15.7 Å². The first kappa shape index (κ1) is 27.3. The Balaban J connectivity index is 1.75. The number of methoxy groups -OCH3 is 1. The highest BCUT2D eigenvalue weighted by Gasteiger charge is 2.56. The molecule has 3 aromatic rings. The maximum atomic E-state index is 13.1. The smallest absolute Gasteiger partial charge is 0.349 e. The summed E-state index contributed by atoms with van der Waals surface area (Å²) in [5.74, 6) is -0.838. The van der Waals surface area contributed by atoms with Gasteiger partial charge in [-0.3, -0.25) is 18.9 Å². The second-order valence-electron chi connectivity index (χ2n) is 7.98. The summed E-state index contributed by atoms with van der Waals surface area (Å²) in [6, 6.07) is 6.33. The second kappa shape index (κ2) is 10.2. The third-order valence-electron chi connectivity index (χ3n) is 5.64. The molecule has 1 aromatic heterocycles. The van der Waals surface area contributed by atoms with Crippen LogP contribution in [-0.4, -0.2) is 41.7 Å². The van der Waals surface area contributed by atoms with Crippen LogP contribution in [0.3, 0.4) is 0 Å². The number of halogens is 4. The Bertz CT molecular complexity index is 1610. The number of aromatic nitrogens is 3. The van der Waals surface area contributed by atoms with E-state index in [2.05, 4.69) is 5.10 Å². The molecular formula is C21H17Cl2F2N5O7S. The third kappa shape index (κ3) is 4.91. The van der Waals surface area contributed by atoms with Gasteiger partial charge in [-0.15, -0.1) is 0 Å². The summed E-state index contributed by atoms with van der Waals surface area (Å²) in [6.07, 6.45) is -2.83. The number of ether oxygens (including phenoxy) is 2. The molecular weight excluding hydrogens is 575 g/mol. The van der Waals surface area contributed by atoms with Crippen molar-refractivity contribution in [2.24, 2.45) is 5.73 Å². The van der Waals surface area contributed by atoms with Crippen molar-refractivity contribution in [3.63, 3.8) is 0 Å². The van der Waals surface area contributed by atoms with Gasteiger partial charge < -0.3 is 15.2 Å². The molecule has 0 bridgehead atoms. The fourth-order valence-corrected chi connectivity index (χ4v) is 5.17. The zero-order chi connectivity index (χ0) is 27.9. The average Bonchev–Trinajstić information content (AvgIpc) is 3.63. The van der Waals surface area contributed by atoms with Crippen LogP contribution in [0.4, 0.5) is 14.5 Å². The van der Waals surface area contributed by atoms with Crippen molar-refractivity contribution in [2.45, 2.75) is 24.8 Å². The Morgan fingerprint density at radius 1 is 1.21 bits per heavy atom. The number of carbonyl (C=O) groups excluding carboxylic acids is 1. The van der Waals surface area contributed by atoms with E-state index < -0.39 is 45.7 Å². The molecule has 1 heterocycles. The number of nitrogens with one attached hydrogen (secondary N) is 1. The van der Waals surface area contributed by atoms with Crippen molar-refractivity contribution in [3.8, 4) is 22.9 Å². The van der Waals surface area contributed by atoms with E-state index in [1.807, 2.05) is 0 Å². The molecule has 38 heavy (non-hydrogen) atoms. The number of thiol groups is 1. The van der Waals surface area contributed by atoms with Gasteiger partial charge in [-0.2, -0.15) is 9.78 Å². The number of benzene rings is 2. The number of hydrogen-bond acceptors (Lipinski definition) is 8. The lowest BCUT2D eigenvalue weighted by molar-refractivity contribution is -0.119. The highest BCUT2D eigenvalue weighted by molar-refractivity contribution is 7.74. The zero-order valence-electron chi connectivity index (χ0n) is 19.1.